The lowest BCUT2D eigenvalue weighted by atomic mass is 10.3. The highest BCUT2D eigenvalue weighted by Gasteiger charge is 2.20. The van der Waals surface area contributed by atoms with E-state index < -0.39 is 0 Å². The molecule has 0 radical (unpaired) electrons. The molecule has 0 saturated heterocycles. The zero-order valence-electron chi connectivity index (χ0n) is 6.72. The lowest BCUT2D eigenvalue weighted by Gasteiger charge is -1.99. The van der Waals surface area contributed by atoms with E-state index in [1.165, 1.54) is 30.6 Å². The van der Waals surface area contributed by atoms with Crippen LogP contribution in [0.5, 0.6) is 0 Å². The number of nitrogens with one attached hydrogen (secondary N) is 1. The maximum absolute atomic E-state index is 5.73. The van der Waals surface area contributed by atoms with Crippen molar-refractivity contribution in [3.05, 3.63) is 10.5 Å². The van der Waals surface area contributed by atoms with Gasteiger partial charge in [-0.1, -0.05) is 35.8 Å². The van der Waals surface area contributed by atoms with Gasteiger partial charge in [0.15, 0.2) is 5.13 Å². The van der Waals surface area contributed by atoms with Crippen molar-refractivity contribution in [2.24, 2.45) is 5.92 Å². The second kappa shape index (κ2) is 3.62. The van der Waals surface area contributed by atoms with E-state index in [0.717, 1.165) is 21.9 Å². The molecule has 66 valence electrons. The van der Waals surface area contributed by atoms with Crippen molar-refractivity contribution in [2.45, 2.75) is 19.3 Å². The average molecular weight is 203 g/mol. The van der Waals surface area contributed by atoms with Crippen molar-refractivity contribution in [1.29, 1.82) is 0 Å². The summed E-state index contributed by atoms with van der Waals surface area (Å²) in [7, 11) is 0. The largest absolute Gasteiger partial charge is 0.361 e. The van der Waals surface area contributed by atoms with Crippen LogP contribution in [0.1, 0.15) is 19.3 Å². The third-order valence-electron chi connectivity index (χ3n) is 2.00. The molecular formula is C8H11ClN2S. The van der Waals surface area contributed by atoms with Gasteiger partial charge in [0, 0.05) is 6.54 Å². The minimum absolute atomic E-state index is 0.754. The lowest BCUT2D eigenvalue weighted by molar-refractivity contribution is 0.760. The van der Waals surface area contributed by atoms with Crippen LogP contribution in [0.2, 0.25) is 4.34 Å². The van der Waals surface area contributed by atoms with Gasteiger partial charge >= 0.3 is 0 Å². The molecule has 1 aliphatic rings. The molecule has 1 aliphatic carbocycles. The Balaban J connectivity index is 1.71. The Morgan fingerprint density at radius 2 is 2.50 bits per heavy atom. The summed E-state index contributed by atoms with van der Waals surface area (Å²) >= 11 is 7.23. The molecule has 1 fully saturated rings. The second-order valence-corrected chi connectivity index (χ2v) is 4.79. The molecule has 0 aromatic carbocycles. The third kappa shape index (κ3) is 2.35. The number of nitrogens with zero attached hydrogens (tertiary/aromatic N) is 1. The summed E-state index contributed by atoms with van der Waals surface area (Å²) < 4.78 is 0.754. The quantitative estimate of drug-likeness (QED) is 0.812. The van der Waals surface area contributed by atoms with E-state index in [9.17, 15) is 0 Å². The number of hydrogen-bond acceptors (Lipinski definition) is 3. The molecule has 0 atom stereocenters. The molecule has 1 heterocycles. The summed E-state index contributed by atoms with van der Waals surface area (Å²) in [6, 6.07) is 0. The first-order valence-electron chi connectivity index (χ1n) is 4.20. The van der Waals surface area contributed by atoms with E-state index in [0.29, 0.717) is 0 Å². The van der Waals surface area contributed by atoms with Gasteiger partial charge in [-0.3, -0.25) is 0 Å². The van der Waals surface area contributed by atoms with Crippen LogP contribution in [0, 0.1) is 5.92 Å². The van der Waals surface area contributed by atoms with Gasteiger partial charge in [0.1, 0.15) is 4.34 Å². The van der Waals surface area contributed by atoms with E-state index in [1.807, 2.05) is 0 Å². The SMILES string of the molecule is Clc1cnc(NCCC2CC2)s1. The Labute approximate surface area is 81.0 Å². The van der Waals surface area contributed by atoms with Gasteiger partial charge in [-0.2, -0.15) is 0 Å². The van der Waals surface area contributed by atoms with Gasteiger partial charge in [-0.25, -0.2) is 4.98 Å². The minimum atomic E-state index is 0.754. The first-order valence-corrected chi connectivity index (χ1v) is 5.39. The zero-order chi connectivity index (χ0) is 8.39. The first-order chi connectivity index (χ1) is 5.84. The van der Waals surface area contributed by atoms with Crippen LogP contribution in [-0.4, -0.2) is 11.5 Å². The van der Waals surface area contributed by atoms with Crippen molar-refractivity contribution < 1.29 is 0 Å². The van der Waals surface area contributed by atoms with Crippen LogP contribution >= 0.6 is 22.9 Å². The smallest absolute Gasteiger partial charge is 0.184 e. The van der Waals surface area contributed by atoms with E-state index in [-0.39, 0.29) is 0 Å². The average Bonchev–Trinajstić information content (AvgIpc) is 2.76. The number of thiazole rings is 1. The van der Waals surface area contributed by atoms with Crippen molar-refractivity contribution in [2.75, 3.05) is 11.9 Å². The molecule has 0 amide bonds. The zero-order valence-corrected chi connectivity index (χ0v) is 8.29. The second-order valence-electron chi connectivity index (χ2n) is 3.13. The molecule has 0 bridgehead atoms. The molecule has 2 rings (SSSR count). The van der Waals surface area contributed by atoms with Gasteiger partial charge in [0.25, 0.3) is 0 Å². The number of anilines is 1. The third-order valence-corrected chi connectivity index (χ3v) is 3.08. The molecule has 0 aliphatic heterocycles. The summed E-state index contributed by atoms with van der Waals surface area (Å²) in [5.74, 6) is 0.980. The molecule has 1 aromatic rings. The number of halogens is 1. The Kier molecular flexibility index (Phi) is 2.51. The Morgan fingerprint density at radius 3 is 3.08 bits per heavy atom. The fourth-order valence-electron chi connectivity index (χ4n) is 1.13. The van der Waals surface area contributed by atoms with Crippen LogP contribution in [0.3, 0.4) is 0 Å². The standard InChI is InChI=1S/C8H11ClN2S/c9-7-5-11-8(12-7)10-4-3-6-1-2-6/h5-6H,1-4H2,(H,10,11). The van der Waals surface area contributed by atoms with Crippen molar-refractivity contribution in [3.63, 3.8) is 0 Å². The molecular weight excluding hydrogens is 192 g/mol. The highest BCUT2D eigenvalue weighted by molar-refractivity contribution is 7.19. The van der Waals surface area contributed by atoms with Crippen molar-refractivity contribution >= 4 is 28.1 Å². The van der Waals surface area contributed by atoms with Crippen LogP contribution in [0.4, 0.5) is 5.13 Å². The molecule has 1 N–H and O–H groups in total. The summed E-state index contributed by atoms with van der Waals surface area (Å²) in [6.07, 6.45) is 5.80. The molecule has 0 spiro atoms. The number of hydrogen-bond donors (Lipinski definition) is 1. The number of aromatic nitrogens is 1. The van der Waals surface area contributed by atoms with Gasteiger partial charge < -0.3 is 5.32 Å². The summed E-state index contributed by atoms with van der Waals surface area (Å²) in [6.45, 7) is 1.04. The highest BCUT2D eigenvalue weighted by atomic mass is 35.5. The van der Waals surface area contributed by atoms with Crippen LogP contribution in [0.15, 0.2) is 6.20 Å². The molecule has 4 heteroatoms. The predicted octanol–water partition coefficient (Wildman–Crippen LogP) is 3.01. The van der Waals surface area contributed by atoms with Crippen LogP contribution < -0.4 is 5.32 Å². The molecule has 1 aromatic heterocycles. The monoisotopic (exact) mass is 202 g/mol. The summed E-state index contributed by atoms with van der Waals surface area (Å²) in [4.78, 5) is 4.11. The lowest BCUT2D eigenvalue weighted by Crippen LogP contribution is -2.01. The van der Waals surface area contributed by atoms with E-state index in [2.05, 4.69) is 10.3 Å². The highest BCUT2D eigenvalue weighted by Crippen LogP contribution is 2.32. The van der Waals surface area contributed by atoms with Crippen molar-refractivity contribution in [1.82, 2.24) is 4.98 Å². The maximum atomic E-state index is 5.73. The van der Waals surface area contributed by atoms with Gasteiger partial charge in [0.2, 0.25) is 0 Å². The number of rotatable bonds is 4. The minimum Gasteiger partial charge on any atom is -0.361 e. The summed E-state index contributed by atoms with van der Waals surface area (Å²) in [5, 5.41) is 4.20. The Morgan fingerprint density at radius 1 is 1.67 bits per heavy atom. The fourth-order valence-corrected chi connectivity index (χ4v) is 1.96. The normalized spacial score (nSPS) is 16.4. The van der Waals surface area contributed by atoms with Crippen LogP contribution in [0.25, 0.3) is 0 Å². The van der Waals surface area contributed by atoms with Gasteiger partial charge in [0.05, 0.1) is 6.20 Å². The predicted molar refractivity (Wildman–Crippen MR) is 53.0 cm³/mol. The van der Waals surface area contributed by atoms with Gasteiger partial charge in [-0.05, 0) is 12.3 Å². The molecule has 2 nitrogen and oxygen atoms in total. The van der Waals surface area contributed by atoms with Crippen molar-refractivity contribution in [3.8, 4) is 0 Å². The van der Waals surface area contributed by atoms with E-state index in [4.69, 9.17) is 11.6 Å². The Bertz CT molecular complexity index is 257. The summed E-state index contributed by atoms with van der Waals surface area (Å²) in [5.41, 5.74) is 0. The Hall–Kier alpha value is -0.280. The maximum Gasteiger partial charge on any atom is 0.184 e. The molecule has 12 heavy (non-hydrogen) atoms. The first kappa shape index (κ1) is 8.32. The van der Waals surface area contributed by atoms with E-state index >= 15 is 0 Å². The fraction of sp³-hybridized carbons (Fsp3) is 0.625. The van der Waals surface area contributed by atoms with Crippen LogP contribution in [-0.2, 0) is 0 Å². The molecule has 0 unspecified atom stereocenters. The topological polar surface area (TPSA) is 24.9 Å². The van der Waals surface area contributed by atoms with E-state index in [1.54, 1.807) is 6.20 Å². The molecule has 1 saturated carbocycles. The van der Waals surface area contributed by atoms with Gasteiger partial charge in [-0.15, -0.1) is 0 Å².